The molecule has 0 aliphatic carbocycles. The maximum Gasteiger partial charge on any atom is 0.160 e. The number of aliphatic hydroxyl groups excluding tert-OH is 1. The molecule has 3 heterocycles. The van der Waals surface area contributed by atoms with Gasteiger partial charge in [-0.3, -0.25) is 4.90 Å². The van der Waals surface area contributed by atoms with Crippen molar-refractivity contribution in [2.45, 2.75) is 38.6 Å². The summed E-state index contributed by atoms with van der Waals surface area (Å²) in [6.07, 6.45) is 4.17. The second-order valence-corrected chi connectivity index (χ2v) is 6.40. The van der Waals surface area contributed by atoms with Crippen molar-refractivity contribution >= 4 is 11.2 Å². The summed E-state index contributed by atoms with van der Waals surface area (Å²) in [5, 5.41) is 9.67. The SMILES string of the molecule is OCc1nc2cccnc2n1C[C@H]1CCCN1Cc1ccccc1. The molecule has 1 aliphatic heterocycles. The molecule has 1 fully saturated rings. The van der Waals surface area contributed by atoms with Gasteiger partial charge in [-0.2, -0.15) is 0 Å². The maximum atomic E-state index is 9.67. The van der Waals surface area contributed by atoms with E-state index in [0.29, 0.717) is 11.9 Å². The number of hydrogen-bond acceptors (Lipinski definition) is 4. The van der Waals surface area contributed by atoms with Gasteiger partial charge < -0.3 is 9.67 Å². The lowest BCUT2D eigenvalue weighted by Crippen LogP contribution is -2.33. The van der Waals surface area contributed by atoms with Crippen molar-refractivity contribution in [3.63, 3.8) is 0 Å². The van der Waals surface area contributed by atoms with Crippen molar-refractivity contribution in [3.8, 4) is 0 Å². The van der Waals surface area contributed by atoms with Crippen molar-refractivity contribution in [2.75, 3.05) is 6.54 Å². The minimum Gasteiger partial charge on any atom is -0.388 e. The highest BCUT2D eigenvalue weighted by atomic mass is 16.3. The first-order chi connectivity index (χ1) is 11.8. The summed E-state index contributed by atoms with van der Waals surface area (Å²) < 4.78 is 2.09. The van der Waals surface area contributed by atoms with E-state index >= 15 is 0 Å². The van der Waals surface area contributed by atoms with Crippen molar-refractivity contribution in [1.82, 2.24) is 19.4 Å². The molecular weight excluding hydrogens is 300 g/mol. The molecule has 24 heavy (non-hydrogen) atoms. The van der Waals surface area contributed by atoms with Crippen molar-refractivity contribution < 1.29 is 5.11 Å². The van der Waals surface area contributed by atoms with Gasteiger partial charge in [0, 0.05) is 25.3 Å². The summed E-state index contributed by atoms with van der Waals surface area (Å²) in [7, 11) is 0. The van der Waals surface area contributed by atoms with Crippen LogP contribution in [0.3, 0.4) is 0 Å². The molecule has 4 rings (SSSR count). The number of rotatable bonds is 5. The molecule has 0 radical (unpaired) electrons. The molecule has 0 bridgehead atoms. The smallest absolute Gasteiger partial charge is 0.160 e. The van der Waals surface area contributed by atoms with Crippen LogP contribution in [0, 0.1) is 0 Å². The lowest BCUT2D eigenvalue weighted by molar-refractivity contribution is 0.216. The average Bonchev–Trinajstić information content (AvgIpc) is 3.21. The highest BCUT2D eigenvalue weighted by Gasteiger charge is 2.26. The average molecular weight is 322 g/mol. The Kier molecular flexibility index (Phi) is 4.28. The number of fused-ring (bicyclic) bond motifs is 1. The third-order valence-electron chi connectivity index (χ3n) is 4.85. The molecule has 3 aromatic rings. The molecule has 2 aromatic heterocycles. The number of imidazole rings is 1. The molecule has 5 nitrogen and oxygen atoms in total. The van der Waals surface area contributed by atoms with Crippen LogP contribution in [0.15, 0.2) is 48.7 Å². The van der Waals surface area contributed by atoms with Gasteiger partial charge in [-0.25, -0.2) is 9.97 Å². The van der Waals surface area contributed by atoms with Gasteiger partial charge in [0.15, 0.2) is 5.65 Å². The molecule has 1 aromatic carbocycles. The van der Waals surface area contributed by atoms with E-state index < -0.39 is 0 Å². The topological polar surface area (TPSA) is 54.2 Å². The molecule has 1 N–H and O–H groups in total. The molecule has 5 heteroatoms. The first-order valence-electron chi connectivity index (χ1n) is 8.54. The largest absolute Gasteiger partial charge is 0.388 e. The van der Waals surface area contributed by atoms with Crippen LogP contribution in [0.2, 0.25) is 0 Å². The normalized spacial score (nSPS) is 18.5. The van der Waals surface area contributed by atoms with Crippen LogP contribution < -0.4 is 0 Å². The van der Waals surface area contributed by atoms with Gasteiger partial charge in [0.05, 0.1) is 0 Å². The van der Waals surface area contributed by atoms with Crippen LogP contribution in [0.5, 0.6) is 0 Å². The minimum absolute atomic E-state index is 0.0538. The first-order valence-corrected chi connectivity index (χ1v) is 8.54. The minimum atomic E-state index is -0.0538. The lowest BCUT2D eigenvalue weighted by atomic mass is 10.2. The number of pyridine rings is 1. The Balaban J connectivity index is 1.58. The summed E-state index contributed by atoms with van der Waals surface area (Å²) in [6.45, 7) is 2.87. The predicted molar refractivity (Wildman–Crippen MR) is 93.3 cm³/mol. The zero-order valence-corrected chi connectivity index (χ0v) is 13.7. The van der Waals surface area contributed by atoms with Gasteiger partial charge in [0.25, 0.3) is 0 Å². The molecule has 1 atom stereocenters. The monoisotopic (exact) mass is 322 g/mol. The maximum absolute atomic E-state index is 9.67. The van der Waals surface area contributed by atoms with Crippen LogP contribution in [0.4, 0.5) is 0 Å². The van der Waals surface area contributed by atoms with Gasteiger partial charge in [-0.15, -0.1) is 0 Å². The first kappa shape index (κ1) is 15.3. The summed E-state index contributed by atoms with van der Waals surface area (Å²) in [4.78, 5) is 11.5. The Morgan fingerprint density at radius 2 is 2.00 bits per heavy atom. The van der Waals surface area contributed by atoms with E-state index in [1.807, 2.05) is 12.1 Å². The molecule has 0 saturated carbocycles. The van der Waals surface area contributed by atoms with E-state index in [-0.39, 0.29) is 6.61 Å². The number of aliphatic hydroxyl groups is 1. The van der Waals surface area contributed by atoms with Gasteiger partial charge in [0.1, 0.15) is 17.9 Å². The molecular formula is C19H22N4O. The fourth-order valence-electron chi connectivity index (χ4n) is 3.66. The fraction of sp³-hybridized carbons (Fsp3) is 0.368. The van der Waals surface area contributed by atoms with Crippen molar-refractivity contribution in [1.29, 1.82) is 0 Å². The molecule has 1 saturated heterocycles. The summed E-state index contributed by atoms with van der Waals surface area (Å²) >= 11 is 0. The third-order valence-corrected chi connectivity index (χ3v) is 4.85. The summed E-state index contributed by atoms with van der Waals surface area (Å²) in [5.74, 6) is 0.704. The number of hydrogen-bond donors (Lipinski definition) is 1. The van der Waals surface area contributed by atoms with Crippen LogP contribution >= 0.6 is 0 Å². The number of likely N-dealkylation sites (tertiary alicyclic amines) is 1. The third kappa shape index (κ3) is 2.92. The van der Waals surface area contributed by atoms with Crippen LogP contribution in [0.25, 0.3) is 11.2 Å². The van der Waals surface area contributed by atoms with Crippen LogP contribution in [-0.2, 0) is 19.7 Å². The number of nitrogens with zero attached hydrogens (tertiary/aromatic N) is 4. The van der Waals surface area contributed by atoms with Gasteiger partial charge >= 0.3 is 0 Å². The van der Waals surface area contributed by atoms with E-state index in [4.69, 9.17) is 0 Å². The van der Waals surface area contributed by atoms with Gasteiger partial charge in [-0.05, 0) is 37.1 Å². The predicted octanol–water partition coefficient (Wildman–Crippen LogP) is 2.59. The highest BCUT2D eigenvalue weighted by Crippen LogP contribution is 2.24. The molecule has 124 valence electrons. The fourth-order valence-corrected chi connectivity index (χ4v) is 3.66. The Morgan fingerprint density at radius 1 is 1.12 bits per heavy atom. The van der Waals surface area contributed by atoms with Gasteiger partial charge in [-0.1, -0.05) is 30.3 Å². The molecule has 0 spiro atoms. The Labute approximate surface area is 141 Å². The van der Waals surface area contributed by atoms with Crippen LogP contribution in [0.1, 0.15) is 24.2 Å². The standard InChI is InChI=1S/C19H22N4O/c24-14-18-21-17-9-4-10-20-19(17)23(18)13-16-8-5-11-22(16)12-15-6-2-1-3-7-15/h1-4,6-7,9-10,16,24H,5,8,11-14H2/t16-/m1/s1. The zero-order chi connectivity index (χ0) is 16.4. The Hall–Kier alpha value is -2.24. The quantitative estimate of drug-likeness (QED) is 0.784. The number of benzene rings is 1. The van der Waals surface area contributed by atoms with Gasteiger partial charge in [0.2, 0.25) is 0 Å². The Bertz CT molecular complexity index is 815. The van der Waals surface area contributed by atoms with Crippen molar-refractivity contribution in [3.05, 3.63) is 60.0 Å². The van der Waals surface area contributed by atoms with E-state index in [0.717, 1.165) is 30.8 Å². The van der Waals surface area contributed by atoms with E-state index in [1.165, 1.54) is 18.4 Å². The summed E-state index contributed by atoms with van der Waals surface area (Å²) in [6, 6.07) is 14.9. The summed E-state index contributed by atoms with van der Waals surface area (Å²) in [5.41, 5.74) is 3.07. The molecule has 1 aliphatic rings. The van der Waals surface area contributed by atoms with E-state index in [9.17, 15) is 5.11 Å². The van der Waals surface area contributed by atoms with Crippen LogP contribution in [-0.4, -0.2) is 37.1 Å². The zero-order valence-electron chi connectivity index (χ0n) is 13.7. The lowest BCUT2D eigenvalue weighted by Gasteiger charge is -2.25. The molecule has 0 amide bonds. The van der Waals surface area contributed by atoms with E-state index in [2.05, 4.69) is 49.8 Å². The number of aromatic nitrogens is 3. The van der Waals surface area contributed by atoms with Crippen molar-refractivity contribution in [2.24, 2.45) is 0 Å². The van der Waals surface area contributed by atoms with E-state index in [1.54, 1.807) is 6.20 Å². The second-order valence-electron chi connectivity index (χ2n) is 6.40. The Morgan fingerprint density at radius 3 is 2.83 bits per heavy atom. The second kappa shape index (κ2) is 6.71. The molecule has 0 unspecified atom stereocenters. The highest BCUT2D eigenvalue weighted by molar-refractivity contribution is 5.71.